The van der Waals surface area contributed by atoms with Gasteiger partial charge in [0.05, 0.1) is 11.4 Å². The normalized spacial score (nSPS) is 11.4. The number of carbonyl (C=O) groups is 1. The third-order valence-electron chi connectivity index (χ3n) is 3.37. The number of carbonyl (C=O) groups excluding carboxylic acids is 1. The molecule has 0 saturated heterocycles. The number of benzene rings is 1. The minimum atomic E-state index is -4.76. The summed E-state index contributed by atoms with van der Waals surface area (Å²) in [4.78, 5) is 16.3. The maximum atomic E-state index is 12.4. The molecule has 0 spiro atoms. The van der Waals surface area contributed by atoms with Crippen LogP contribution in [0.4, 0.5) is 13.2 Å². The molecule has 3 aromatic rings. The number of hydrogen-bond acceptors (Lipinski definition) is 5. The number of pyridine rings is 1. The largest absolute Gasteiger partial charge is 0.573 e. The lowest BCUT2D eigenvalue weighted by Crippen LogP contribution is -2.17. The van der Waals surface area contributed by atoms with Crippen LogP contribution in [-0.2, 0) is 0 Å². The molecule has 0 N–H and O–H groups in total. The highest BCUT2D eigenvalue weighted by Crippen LogP contribution is 2.24. The van der Waals surface area contributed by atoms with Gasteiger partial charge in [0.1, 0.15) is 5.75 Å². The van der Waals surface area contributed by atoms with E-state index in [0.29, 0.717) is 16.9 Å². The first-order valence-corrected chi connectivity index (χ1v) is 7.08. The predicted molar refractivity (Wildman–Crippen MR) is 80.4 cm³/mol. The SMILES string of the molecule is Cc1c(C(=O)c2ccncc2)nnn1-c1ccc(OC(F)(F)F)cc1. The van der Waals surface area contributed by atoms with Crippen LogP contribution >= 0.6 is 0 Å². The molecule has 0 aliphatic rings. The first kappa shape index (κ1) is 16.6. The van der Waals surface area contributed by atoms with Crippen molar-refractivity contribution >= 4 is 5.78 Å². The summed E-state index contributed by atoms with van der Waals surface area (Å²) in [5.41, 5.74) is 1.49. The Bertz CT molecular complexity index is 890. The Morgan fingerprint density at radius 2 is 1.72 bits per heavy atom. The van der Waals surface area contributed by atoms with Crippen LogP contribution in [-0.4, -0.2) is 32.1 Å². The van der Waals surface area contributed by atoms with Crippen LogP contribution in [0.15, 0.2) is 48.8 Å². The lowest BCUT2D eigenvalue weighted by Gasteiger charge is -2.09. The number of halogens is 3. The molecule has 9 heteroatoms. The summed E-state index contributed by atoms with van der Waals surface area (Å²) in [7, 11) is 0. The fraction of sp³-hybridized carbons (Fsp3) is 0.125. The molecule has 25 heavy (non-hydrogen) atoms. The summed E-state index contributed by atoms with van der Waals surface area (Å²) in [6.07, 6.45) is -1.77. The Hall–Kier alpha value is -3.23. The highest BCUT2D eigenvalue weighted by Gasteiger charge is 2.31. The van der Waals surface area contributed by atoms with Gasteiger partial charge in [0, 0.05) is 18.0 Å². The molecule has 0 amide bonds. The highest BCUT2D eigenvalue weighted by atomic mass is 19.4. The Morgan fingerprint density at radius 3 is 2.32 bits per heavy atom. The molecule has 2 aromatic heterocycles. The van der Waals surface area contributed by atoms with Gasteiger partial charge in [-0.3, -0.25) is 9.78 Å². The summed E-state index contributed by atoms with van der Waals surface area (Å²) < 4.78 is 41.8. The van der Waals surface area contributed by atoms with E-state index in [2.05, 4.69) is 20.0 Å². The van der Waals surface area contributed by atoms with Crippen molar-refractivity contribution in [3.05, 3.63) is 65.7 Å². The van der Waals surface area contributed by atoms with Gasteiger partial charge in [-0.1, -0.05) is 5.21 Å². The number of ketones is 1. The van der Waals surface area contributed by atoms with E-state index in [-0.39, 0.29) is 17.2 Å². The third kappa shape index (κ3) is 3.65. The fourth-order valence-electron chi connectivity index (χ4n) is 2.21. The molecule has 0 fully saturated rings. The second kappa shape index (κ2) is 6.34. The van der Waals surface area contributed by atoms with Gasteiger partial charge in [-0.25, -0.2) is 4.68 Å². The summed E-state index contributed by atoms with van der Waals surface area (Å²) in [5, 5.41) is 7.79. The van der Waals surface area contributed by atoms with E-state index in [9.17, 15) is 18.0 Å². The molecule has 0 radical (unpaired) electrons. The Balaban J connectivity index is 1.87. The molecule has 3 rings (SSSR count). The molecule has 128 valence electrons. The van der Waals surface area contributed by atoms with Gasteiger partial charge in [-0.15, -0.1) is 18.3 Å². The Morgan fingerprint density at radius 1 is 1.08 bits per heavy atom. The number of nitrogens with zero attached hydrogens (tertiary/aromatic N) is 4. The summed E-state index contributed by atoms with van der Waals surface area (Å²) >= 11 is 0. The zero-order chi connectivity index (χ0) is 18.0. The molecule has 0 aliphatic heterocycles. The molecular weight excluding hydrogens is 337 g/mol. The average molecular weight is 348 g/mol. The van der Waals surface area contributed by atoms with E-state index in [1.165, 1.54) is 29.2 Å². The molecular formula is C16H11F3N4O2. The van der Waals surface area contributed by atoms with Crippen LogP contribution in [0.3, 0.4) is 0 Å². The van der Waals surface area contributed by atoms with Crippen molar-refractivity contribution in [2.24, 2.45) is 0 Å². The molecule has 0 aliphatic carbocycles. The monoisotopic (exact) mass is 348 g/mol. The molecule has 0 bridgehead atoms. The fourth-order valence-corrected chi connectivity index (χ4v) is 2.21. The van der Waals surface area contributed by atoms with E-state index < -0.39 is 6.36 Å². The number of rotatable bonds is 4. The number of aromatic nitrogens is 4. The van der Waals surface area contributed by atoms with Crippen molar-refractivity contribution in [2.75, 3.05) is 0 Å². The second-order valence-corrected chi connectivity index (χ2v) is 5.04. The number of alkyl halides is 3. The van der Waals surface area contributed by atoms with Gasteiger partial charge in [0.15, 0.2) is 5.69 Å². The summed E-state index contributed by atoms with van der Waals surface area (Å²) in [6, 6.07) is 8.23. The van der Waals surface area contributed by atoms with E-state index in [4.69, 9.17) is 0 Å². The summed E-state index contributed by atoms with van der Waals surface area (Å²) in [6.45, 7) is 1.65. The van der Waals surface area contributed by atoms with Crippen molar-refractivity contribution in [1.82, 2.24) is 20.0 Å². The molecule has 6 nitrogen and oxygen atoms in total. The molecule has 0 atom stereocenters. The first-order valence-electron chi connectivity index (χ1n) is 7.08. The van der Waals surface area contributed by atoms with Crippen LogP contribution < -0.4 is 4.74 Å². The summed E-state index contributed by atoms with van der Waals surface area (Å²) in [5.74, 6) is -0.662. The zero-order valence-electron chi connectivity index (χ0n) is 12.9. The van der Waals surface area contributed by atoms with Gasteiger partial charge in [-0.05, 0) is 43.3 Å². The van der Waals surface area contributed by atoms with Crippen molar-refractivity contribution in [1.29, 1.82) is 0 Å². The molecule has 0 saturated carbocycles. The molecule has 1 aromatic carbocycles. The maximum Gasteiger partial charge on any atom is 0.573 e. The van der Waals surface area contributed by atoms with Crippen LogP contribution in [0.1, 0.15) is 21.7 Å². The van der Waals surface area contributed by atoms with Crippen LogP contribution in [0.2, 0.25) is 0 Å². The van der Waals surface area contributed by atoms with Gasteiger partial charge in [-0.2, -0.15) is 0 Å². The van der Waals surface area contributed by atoms with Crippen LogP contribution in [0.5, 0.6) is 5.75 Å². The number of hydrogen-bond donors (Lipinski definition) is 0. The van der Waals surface area contributed by atoms with E-state index in [1.807, 2.05) is 0 Å². The lowest BCUT2D eigenvalue weighted by molar-refractivity contribution is -0.274. The Labute approximate surface area is 139 Å². The van der Waals surface area contributed by atoms with Crippen molar-refractivity contribution in [2.45, 2.75) is 13.3 Å². The van der Waals surface area contributed by atoms with Gasteiger partial charge >= 0.3 is 6.36 Å². The zero-order valence-corrected chi connectivity index (χ0v) is 12.9. The van der Waals surface area contributed by atoms with Crippen LogP contribution in [0.25, 0.3) is 5.69 Å². The Kier molecular flexibility index (Phi) is 4.22. The molecule has 0 unspecified atom stereocenters. The number of ether oxygens (including phenoxy) is 1. The van der Waals surface area contributed by atoms with Crippen molar-refractivity contribution in [3.8, 4) is 11.4 Å². The van der Waals surface area contributed by atoms with E-state index >= 15 is 0 Å². The quantitative estimate of drug-likeness (QED) is 0.678. The van der Waals surface area contributed by atoms with Gasteiger partial charge in [0.25, 0.3) is 0 Å². The van der Waals surface area contributed by atoms with Crippen molar-refractivity contribution < 1.29 is 22.7 Å². The standard InChI is InChI=1S/C16H11F3N4O2/c1-10-14(15(24)11-6-8-20-9-7-11)21-22-23(10)12-2-4-13(5-3-12)25-16(17,18)19/h2-9H,1H3. The van der Waals surface area contributed by atoms with Crippen LogP contribution in [0, 0.1) is 6.92 Å². The maximum absolute atomic E-state index is 12.4. The lowest BCUT2D eigenvalue weighted by atomic mass is 10.1. The minimum absolute atomic E-state index is 0.154. The van der Waals surface area contributed by atoms with Gasteiger partial charge in [0.2, 0.25) is 5.78 Å². The first-order chi connectivity index (χ1) is 11.8. The van der Waals surface area contributed by atoms with E-state index in [0.717, 1.165) is 12.1 Å². The highest BCUT2D eigenvalue weighted by molar-refractivity contribution is 6.08. The second-order valence-electron chi connectivity index (χ2n) is 5.04. The third-order valence-corrected chi connectivity index (χ3v) is 3.37. The smallest absolute Gasteiger partial charge is 0.406 e. The molecule has 2 heterocycles. The van der Waals surface area contributed by atoms with E-state index in [1.54, 1.807) is 19.1 Å². The van der Waals surface area contributed by atoms with Crippen molar-refractivity contribution in [3.63, 3.8) is 0 Å². The topological polar surface area (TPSA) is 69.9 Å². The van der Waals surface area contributed by atoms with Gasteiger partial charge < -0.3 is 4.74 Å². The minimum Gasteiger partial charge on any atom is -0.406 e. The average Bonchev–Trinajstić information content (AvgIpc) is 2.96. The predicted octanol–water partition coefficient (Wildman–Crippen LogP) is 3.10.